The van der Waals surface area contributed by atoms with Gasteiger partial charge in [-0.15, -0.1) is 12.4 Å². The Hall–Kier alpha value is 0.210. The first-order chi connectivity index (χ1) is 7.34. The quantitative estimate of drug-likeness (QED) is 0.830. The number of likely N-dealkylation sites (tertiary alicyclic amines) is 1. The van der Waals surface area contributed by atoms with Crippen LogP contribution in [0.4, 0.5) is 0 Å². The minimum Gasteiger partial charge on any atom is -0.327 e. The van der Waals surface area contributed by atoms with Crippen LogP contribution >= 0.6 is 12.4 Å². The Morgan fingerprint density at radius 2 is 1.75 bits per heavy atom. The highest BCUT2D eigenvalue weighted by Gasteiger charge is 2.18. The molecule has 16 heavy (non-hydrogen) atoms. The maximum atomic E-state index is 5.99. The van der Waals surface area contributed by atoms with E-state index in [1.165, 1.54) is 64.5 Å². The number of rotatable bonds is 3. The zero-order valence-corrected chi connectivity index (χ0v) is 11.2. The van der Waals surface area contributed by atoms with Crippen molar-refractivity contribution in [3.63, 3.8) is 0 Å². The molecule has 2 nitrogen and oxygen atoms in total. The molecule has 1 aliphatic heterocycles. The van der Waals surface area contributed by atoms with Crippen molar-refractivity contribution < 1.29 is 0 Å². The molecule has 1 atom stereocenters. The number of hydrogen-bond donors (Lipinski definition) is 1. The Morgan fingerprint density at radius 3 is 2.44 bits per heavy atom. The van der Waals surface area contributed by atoms with Crippen LogP contribution in [0.25, 0.3) is 0 Å². The third-order valence-corrected chi connectivity index (χ3v) is 4.12. The summed E-state index contributed by atoms with van der Waals surface area (Å²) in [6, 6.07) is 0.449. The van der Waals surface area contributed by atoms with Crippen LogP contribution in [0.3, 0.4) is 0 Å². The highest BCUT2D eigenvalue weighted by molar-refractivity contribution is 5.85. The topological polar surface area (TPSA) is 29.3 Å². The lowest BCUT2D eigenvalue weighted by Crippen LogP contribution is -2.43. The van der Waals surface area contributed by atoms with E-state index in [2.05, 4.69) is 4.90 Å². The molecule has 0 aromatic heterocycles. The van der Waals surface area contributed by atoms with E-state index in [0.717, 1.165) is 12.5 Å². The second-order valence-corrected chi connectivity index (χ2v) is 5.50. The van der Waals surface area contributed by atoms with Crippen LogP contribution in [0.5, 0.6) is 0 Å². The molecule has 1 heterocycles. The summed E-state index contributed by atoms with van der Waals surface area (Å²) >= 11 is 0. The first-order valence-electron chi connectivity index (χ1n) is 6.82. The molecule has 2 N–H and O–H groups in total. The van der Waals surface area contributed by atoms with Crippen LogP contribution < -0.4 is 5.73 Å². The molecule has 2 rings (SSSR count). The fourth-order valence-electron chi connectivity index (χ4n) is 3.14. The minimum absolute atomic E-state index is 0. The van der Waals surface area contributed by atoms with E-state index >= 15 is 0 Å². The second kappa shape index (κ2) is 7.52. The summed E-state index contributed by atoms with van der Waals surface area (Å²) in [5, 5.41) is 0. The van der Waals surface area contributed by atoms with Crippen LogP contribution in [-0.4, -0.2) is 30.6 Å². The molecule has 1 aliphatic carbocycles. The van der Waals surface area contributed by atoms with Gasteiger partial charge in [0.05, 0.1) is 0 Å². The maximum absolute atomic E-state index is 5.99. The molecule has 0 bridgehead atoms. The van der Waals surface area contributed by atoms with Gasteiger partial charge in [-0.05, 0) is 38.3 Å². The number of nitrogens with two attached hydrogens (primary N) is 1. The van der Waals surface area contributed by atoms with Crippen LogP contribution in [-0.2, 0) is 0 Å². The largest absolute Gasteiger partial charge is 0.327 e. The average molecular weight is 247 g/mol. The van der Waals surface area contributed by atoms with Crippen LogP contribution in [0.1, 0.15) is 51.4 Å². The number of nitrogens with zero attached hydrogens (tertiary/aromatic N) is 1. The predicted octanol–water partition coefficient (Wildman–Crippen LogP) is 2.80. The lowest BCUT2D eigenvalue weighted by molar-refractivity contribution is 0.186. The van der Waals surface area contributed by atoms with Crippen molar-refractivity contribution >= 4 is 12.4 Å². The normalized spacial score (nSPS) is 28.7. The van der Waals surface area contributed by atoms with Gasteiger partial charge < -0.3 is 10.6 Å². The van der Waals surface area contributed by atoms with Crippen molar-refractivity contribution in [1.82, 2.24) is 4.90 Å². The van der Waals surface area contributed by atoms with Gasteiger partial charge in [-0.25, -0.2) is 0 Å². The monoisotopic (exact) mass is 246 g/mol. The molecule has 1 saturated carbocycles. The summed E-state index contributed by atoms with van der Waals surface area (Å²) in [4.78, 5) is 2.59. The number of hydrogen-bond acceptors (Lipinski definition) is 2. The summed E-state index contributed by atoms with van der Waals surface area (Å²) in [5.41, 5.74) is 5.99. The maximum Gasteiger partial charge on any atom is 0.0168 e. The molecule has 3 heteroatoms. The van der Waals surface area contributed by atoms with Crippen LogP contribution in [0.2, 0.25) is 0 Å². The van der Waals surface area contributed by atoms with E-state index in [0.29, 0.717) is 6.04 Å². The van der Waals surface area contributed by atoms with Crippen molar-refractivity contribution in [3.05, 3.63) is 0 Å². The standard InChI is InChI=1S/C13H26N2.ClH/c14-13-7-4-9-15(11-13)10-8-12-5-2-1-3-6-12;/h12-13H,1-11,14H2;1H. The number of piperidine rings is 1. The van der Waals surface area contributed by atoms with Gasteiger partial charge in [-0.3, -0.25) is 0 Å². The fraction of sp³-hybridized carbons (Fsp3) is 1.00. The van der Waals surface area contributed by atoms with Gasteiger partial charge in [-0.2, -0.15) is 0 Å². The van der Waals surface area contributed by atoms with Gasteiger partial charge in [0.15, 0.2) is 0 Å². The summed E-state index contributed by atoms with van der Waals surface area (Å²) in [7, 11) is 0. The number of halogens is 1. The molecule has 1 unspecified atom stereocenters. The molecule has 0 aromatic rings. The Morgan fingerprint density at radius 1 is 1.00 bits per heavy atom. The second-order valence-electron chi connectivity index (χ2n) is 5.50. The van der Waals surface area contributed by atoms with E-state index < -0.39 is 0 Å². The molecule has 96 valence electrons. The van der Waals surface area contributed by atoms with Gasteiger partial charge in [0.2, 0.25) is 0 Å². The Bertz CT molecular complexity index is 181. The van der Waals surface area contributed by atoms with Crippen molar-refractivity contribution in [1.29, 1.82) is 0 Å². The average Bonchev–Trinajstić information content (AvgIpc) is 2.28. The molecule has 0 amide bonds. The SMILES string of the molecule is Cl.NC1CCCN(CCC2CCCCC2)C1. The molecule has 0 aromatic carbocycles. The molecule has 0 radical (unpaired) electrons. The Kier molecular flexibility index (Phi) is 6.71. The highest BCUT2D eigenvalue weighted by atomic mass is 35.5. The first-order valence-corrected chi connectivity index (χ1v) is 6.82. The summed E-state index contributed by atoms with van der Waals surface area (Å²) in [5.74, 6) is 1.02. The third kappa shape index (κ3) is 4.60. The van der Waals surface area contributed by atoms with Gasteiger partial charge in [0.1, 0.15) is 0 Å². The van der Waals surface area contributed by atoms with E-state index in [-0.39, 0.29) is 12.4 Å². The molecule has 2 fully saturated rings. The lowest BCUT2D eigenvalue weighted by atomic mass is 9.87. The first kappa shape index (κ1) is 14.3. The zero-order chi connectivity index (χ0) is 10.5. The molecule has 2 aliphatic rings. The van der Waals surface area contributed by atoms with Gasteiger partial charge in [0, 0.05) is 12.6 Å². The van der Waals surface area contributed by atoms with Crippen LogP contribution in [0, 0.1) is 5.92 Å². The predicted molar refractivity (Wildman–Crippen MR) is 72.1 cm³/mol. The van der Waals surface area contributed by atoms with Crippen LogP contribution in [0.15, 0.2) is 0 Å². The van der Waals surface area contributed by atoms with E-state index in [1.54, 1.807) is 0 Å². The van der Waals surface area contributed by atoms with E-state index in [4.69, 9.17) is 5.73 Å². The molecule has 0 spiro atoms. The molecule has 1 saturated heterocycles. The van der Waals surface area contributed by atoms with E-state index in [9.17, 15) is 0 Å². The van der Waals surface area contributed by atoms with Gasteiger partial charge >= 0.3 is 0 Å². The molecular weight excluding hydrogens is 220 g/mol. The smallest absolute Gasteiger partial charge is 0.0168 e. The Labute approximate surface area is 106 Å². The fourth-order valence-corrected chi connectivity index (χ4v) is 3.14. The minimum atomic E-state index is 0. The van der Waals surface area contributed by atoms with Crippen molar-refractivity contribution in [3.8, 4) is 0 Å². The van der Waals surface area contributed by atoms with Crippen molar-refractivity contribution in [2.24, 2.45) is 11.7 Å². The van der Waals surface area contributed by atoms with Crippen molar-refractivity contribution in [2.45, 2.75) is 57.4 Å². The van der Waals surface area contributed by atoms with Gasteiger partial charge in [-0.1, -0.05) is 32.1 Å². The third-order valence-electron chi connectivity index (χ3n) is 4.12. The summed E-state index contributed by atoms with van der Waals surface area (Å²) < 4.78 is 0. The molecular formula is C13H27ClN2. The van der Waals surface area contributed by atoms with Crippen molar-refractivity contribution in [2.75, 3.05) is 19.6 Å². The Balaban J connectivity index is 0.00000128. The summed E-state index contributed by atoms with van der Waals surface area (Å²) in [6.07, 6.45) is 11.4. The zero-order valence-electron chi connectivity index (χ0n) is 10.4. The summed E-state index contributed by atoms with van der Waals surface area (Å²) in [6.45, 7) is 3.74. The highest BCUT2D eigenvalue weighted by Crippen LogP contribution is 2.26. The van der Waals surface area contributed by atoms with E-state index in [1.807, 2.05) is 0 Å². The lowest BCUT2D eigenvalue weighted by Gasteiger charge is -2.32. The van der Waals surface area contributed by atoms with Gasteiger partial charge in [0.25, 0.3) is 0 Å².